The molecule has 0 fully saturated rings. The number of aryl methyl sites for hydroxylation is 1. The predicted octanol–water partition coefficient (Wildman–Crippen LogP) is 1.35. The van der Waals surface area contributed by atoms with Crippen LogP contribution in [0.25, 0.3) is 0 Å². The molecule has 0 saturated carbocycles. The van der Waals surface area contributed by atoms with E-state index in [2.05, 4.69) is 5.32 Å². The second-order valence-corrected chi connectivity index (χ2v) is 4.62. The van der Waals surface area contributed by atoms with Crippen LogP contribution in [0.1, 0.15) is 15.2 Å². The van der Waals surface area contributed by atoms with Gasteiger partial charge in [0.25, 0.3) is 5.91 Å². The fourth-order valence-electron chi connectivity index (χ4n) is 1.06. The normalized spacial score (nSPS) is 10.6. The third-order valence-electron chi connectivity index (χ3n) is 1.84. The van der Waals surface area contributed by atoms with Crippen molar-refractivity contribution in [2.45, 2.75) is 6.92 Å². The van der Waals surface area contributed by atoms with Crippen LogP contribution in [0.3, 0.4) is 0 Å². The zero-order valence-corrected chi connectivity index (χ0v) is 9.65. The molecule has 14 heavy (non-hydrogen) atoms. The fourth-order valence-corrected chi connectivity index (χ4v) is 1.74. The van der Waals surface area contributed by atoms with Gasteiger partial charge in [0.1, 0.15) is 0 Å². The number of nitrogens with one attached hydrogen (secondary N) is 1. The number of hydrogen-bond donors (Lipinski definition) is 1. The molecule has 4 heteroatoms. The summed E-state index contributed by atoms with van der Waals surface area (Å²) in [7, 11) is 3.97. The van der Waals surface area contributed by atoms with Crippen molar-refractivity contribution < 1.29 is 4.79 Å². The fraction of sp³-hybridized carbons (Fsp3) is 0.500. The molecule has 1 aromatic rings. The first-order valence-corrected chi connectivity index (χ1v) is 5.45. The summed E-state index contributed by atoms with van der Waals surface area (Å²) in [5.74, 6) is 0.0243. The SMILES string of the molecule is Cc1cc(C(=O)NCCN(C)C)cs1. The smallest absolute Gasteiger partial charge is 0.252 e. The van der Waals surface area contributed by atoms with Gasteiger partial charge in [0.2, 0.25) is 0 Å². The maximum atomic E-state index is 11.5. The summed E-state index contributed by atoms with van der Waals surface area (Å²) in [6.45, 7) is 3.57. The quantitative estimate of drug-likeness (QED) is 0.817. The van der Waals surface area contributed by atoms with Crippen LogP contribution >= 0.6 is 11.3 Å². The summed E-state index contributed by atoms with van der Waals surface area (Å²) in [4.78, 5) is 14.7. The van der Waals surface area contributed by atoms with E-state index in [0.29, 0.717) is 6.54 Å². The highest BCUT2D eigenvalue weighted by molar-refractivity contribution is 7.10. The van der Waals surface area contributed by atoms with Crippen molar-refractivity contribution in [3.05, 3.63) is 21.9 Å². The average Bonchev–Trinajstić information content (AvgIpc) is 2.51. The second kappa shape index (κ2) is 5.12. The standard InChI is InChI=1S/C10H16N2OS/c1-8-6-9(7-14-8)10(13)11-4-5-12(2)3/h6-7H,4-5H2,1-3H3,(H,11,13). The van der Waals surface area contributed by atoms with Gasteiger partial charge in [0, 0.05) is 23.3 Å². The minimum Gasteiger partial charge on any atom is -0.351 e. The van der Waals surface area contributed by atoms with Crippen LogP contribution in [-0.2, 0) is 0 Å². The number of rotatable bonds is 4. The number of carbonyl (C=O) groups is 1. The molecule has 1 heterocycles. The maximum Gasteiger partial charge on any atom is 0.252 e. The Morgan fingerprint density at radius 2 is 2.29 bits per heavy atom. The minimum atomic E-state index is 0.0243. The molecular formula is C10H16N2OS. The summed E-state index contributed by atoms with van der Waals surface area (Å²) in [5.41, 5.74) is 0.770. The summed E-state index contributed by atoms with van der Waals surface area (Å²) in [5, 5.41) is 4.76. The van der Waals surface area contributed by atoms with Crippen LogP contribution in [0.15, 0.2) is 11.4 Å². The van der Waals surface area contributed by atoms with Crippen LogP contribution in [-0.4, -0.2) is 38.0 Å². The molecule has 0 atom stereocenters. The minimum absolute atomic E-state index is 0.0243. The first kappa shape index (κ1) is 11.2. The van der Waals surface area contributed by atoms with Crippen LogP contribution in [0.4, 0.5) is 0 Å². The summed E-state index contributed by atoms with van der Waals surface area (Å²) >= 11 is 1.60. The Morgan fingerprint density at radius 3 is 2.79 bits per heavy atom. The largest absolute Gasteiger partial charge is 0.351 e. The van der Waals surface area contributed by atoms with Crippen molar-refractivity contribution in [2.75, 3.05) is 27.2 Å². The zero-order valence-electron chi connectivity index (χ0n) is 8.83. The number of thiophene rings is 1. The Labute approximate surface area is 88.7 Å². The van der Waals surface area contributed by atoms with Crippen molar-refractivity contribution in [3.8, 4) is 0 Å². The first-order chi connectivity index (χ1) is 6.59. The molecule has 0 aromatic carbocycles. The maximum absolute atomic E-state index is 11.5. The van der Waals surface area contributed by atoms with Crippen LogP contribution in [0.5, 0.6) is 0 Å². The molecule has 0 bridgehead atoms. The van der Waals surface area contributed by atoms with Gasteiger partial charge in [0.15, 0.2) is 0 Å². The van der Waals surface area contributed by atoms with Gasteiger partial charge in [-0.05, 0) is 27.1 Å². The molecular weight excluding hydrogens is 196 g/mol. The number of amides is 1. The van der Waals surface area contributed by atoms with Gasteiger partial charge in [0.05, 0.1) is 5.56 Å². The van der Waals surface area contributed by atoms with Gasteiger partial charge in [-0.1, -0.05) is 0 Å². The lowest BCUT2D eigenvalue weighted by atomic mass is 10.3. The van der Waals surface area contributed by atoms with Gasteiger partial charge in [-0.25, -0.2) is 0 Å². The Hall–Kier alpha value is -0.870. The number of carbonyl (C=O) groups excluding carboxylic acids is 1. The highest BCUT2D eigenvalue weighted by atomic mass is 32.1. The zero-order chi connectivity index (χ0) is 10.6. The van der Waals surface area contributed by atoms with Gasteiger partial charge in [-0.15, -0.1) is 11.3 Å². The summed E-state index contributed by atoms with van der Waals surface area (Å²) in [6.07, 6.45) is 0. The van der Waals surface area contributed by atoms with E-state index in [1.165, 1.54) is 4.88 Å². The van der Waals surface area contributed by atoms with E-state index in [0.717, 1.165) is 12.1 Å². The molecule has 1 N–H and O–H groups in total. The molecule has 1 rings (SSSR count). The second-order valence-electron chi connectivity index (χ2n) is 3.51. The number of hydrogen-bond acceptors (Lipinski definition) is 3. The molecule has 0 aliphatic heterocycles. The average molecular weight is 212 g/mol. The Morgan fingerprint density at radius 1 is 1.57 bits per heavy atom. The third kappa shape index (κ3) is 3.47. The van der Waals surface area contributed by atoms with Crippen LogP contribution in [0, 0.1) is 6.92 Å². The van der Waals surface area contributed by atoms with Crippen molar-refractivity contribution in [1.29, 1.82) is 0 Å². The molecule has 0 aliphatic rings. The molecule has 0 aliphatic carbocycles. The summed E-state index contributed by atoms with van der Waals surface area (Å²) < 4.78 is 0. The molecule has 0 radical (unpaired) electrons. The Bertz CT molecular complexity index is 307. The lowest BCUT2D eigenvalue weighted by Gasteiger charge is -2.09. The third-order valence-corrected chi connectivity index (χ3v) is 2.70. The van der Waals surface area contributed by atoms with Crippen LogP contribution in [0.2, 0.25) is 0 Å². The van der Waals surface area contributed by atoms with Gasteiger partial charge >= 0.3 is 0 Å². The number of likely N-dealkylation sites (N-methyl/N-ethyl adjacent to an activating group) is 1. The topological polar surface area (TPSA) is 32.3 Å². The molecule has 0 spiro atoms. The molecule has 1 amide bonds. The highest BCUT2D eigenvalue weighted by Gasteiger charge is 2.05. The Kier molecular flexibility index (Phi) is 4.10. The van der Waals surface area contributed by atoms with E-state index in [4.69, 9.17) is 0 Å². The van der Waals surface area contributed by atoms with Gasteiger partial charge < -0.3 is 10.2 Å². The highest BCUT2D eigenvalue weighted by Crippen LogP contribution is 2.12. The number of nitrogens with zero attached hydrogens (tertiary/aromatic N) is 1. The molecule has 0 saturated heterocycles. The van der Waals surface area contributed by atoms with E-state index in [1.807, 2.05) is 37.4 Å². The van der Waals surface area contributed by atoms with E-state index in [-0.39, 0.29) is 5.91 Å². The van der Waals surface area contributed by atoms with Crippen molar-refractivity contribution >= 4 is 17.2 Å². The molecule has 0 unspecified atom stereocenters. The van der Waals surface area contributed by atoms with Gasteiger partial charge in [-0.3, -0.25) is 4.79 Å². The van der Waals surface area contributed by atoms with Gasteiger partial charge in [-0.2, -0.15) is 0 Å². The molecule has 1 aromatic heterocycles. The lowest BCUT2D eigenvalue weighted by molar-refractivity contribution is 0.0951. The summed E-state index contributed by atoms with van der Waals surface area (Å²) in [6, 6.07) is 1.91. The monoisotopic (exact) mass is 212 g/mol. The predicted molar refractivity (Wildman–Crippen MR) is 59.9 cm³/mol. The molecule has 3 nitrogen and oxygen atoms in total. The van der Waals surface area contributed by atoms with E-state index in [1.54, 1.807) is 11.3 Å². The van der Waals surface area contributed by atoms with Crippen molar-refractivity contribution in [2.24, 2.45) is 0 Å². The lowest BCUT2D eigenvalue weighted by Crippen LogP contribution is -2.31. The molecule has 78 valence electrons. The first-order valence-electron chi connectivity index (χ1n) is 4.57. The van der Waals surface area contributed by atoms with Crippen LogP contribution < -0.4 is 5.32 Å². The van der Waals surface area contributed by atoms with E-state index >= 15 is 0 Å². The van der Waals surface area contributed by atoms with E-state index < -0.39 is 0 Å². The van der Waals surface area contributed by atoms with Crippen molar-refractivity contribution in [1.82, 2.24) is 10.2 Å². The van der Waals surface area contributed by atoms with E-state index in [9.17, 15) is 4.79 Å². The Balaban J connectivity index is 2.36. The van der Waals surface area contributed by atoms with Crippen molar-refractivity contribution in [3.63, 3.8) is 0 Å².